The molecular formula is C15H31Cl2NSiTi. The molecule has 0 unspecified atom stereocenters. The van der Waals surface area contributed by atoms with Gasteiger partial charge in [0.2, 0.25) is 0 Å². The van der Waals surface area contributed by atoms with Crippen molar-refractivity contribution in [3.05, 3.63) is 40.4 Å². The van der Waals surface area contributed by atoms with E-state index in [1.165, 1.54) is 4.00 Å². The zero-order valence-electron chi connectivity index (χ0n) is 13.7. The van der Waals surface area contributed by atoms with E-state index in [4.69, 9.17) is 0 Å². The summed E-state index contributed by atoms with van der Waals surface area (Å²) in [5, 5.41) is 15.2. The number of nitrogens with one attached hydrogen (secondary N) is 1. The van der Waals surface area contributed by atoms with Gasteiger partial charge in [-0.2, -0.15) is 0 Å². The monoisotopic (exact) mass is 371 g/mol. The molecule has 0 fully saturated rings. The van der Waals surface area contributed by atoms with Gasteiger partial charge in [0.15, 0.2) is 0 Å². The van der Waals surface area contributed by atoms with E-state index in [1.54, 1.807) is 3.88 Å². The molecule has 2 rings (SSSR count). The molecule has 0 amide bonds. The van der Waals surface area contributed by atoms with Gasteiger partial charge in [-0.1, -0.05) is 0 Å². The fraction of sp³-hybridized carbons (Fsp3) is 0.467. The summed E-state index contributed by atoms with van der Waals surface area (Å²) in [6, 6.07) is 4.40. The summed E-state index contributed by atoms with van der Waals surface area (Å²) in [5.74, 6) is 0. The first kappa shape index (κ1) is 20.3. The van der Waals surface area contributed by atoms with Crippen LogP contribution in [0.3, 0.4) is 0 Å². The summed E-state index contributed by atoms with van der Waals surface area (Å²) in [6.45, 7) is 0. The first-order valence-corrected chi connectivity index (χ1v) is 22.0. The molecule has 20 heavy (non-hydrogen) atoms. The number of aromatic nitrogens is 1. The van der Waals surface area contributed by atoms with Crippen LogP contribution in [0.15, 0.2) is 40.4 Å². The summed E-state index contributed by atoms with van der Waals surface area (Å²) in [4.78, 5) is 3.56. The van der Waals surface area contributed by atoms with Crippen molar-refractivity contribution in [2.45, 2.75) is 37.8 Å². The van der Waals surface area contributed by atoms with Gasteiger partial charge >= 0.3 is 104 Å². The molecule has 0 saturated carbocycles. The van der Waals surface area contributed by atoms with E-state index in [9.17, 15) is 0 Å². The van der Waals surface area contributed by atoms with Crippen LogP contribution >= 0.6 is 24.8 Å². The van der Waals surface area contributed by atoms with Gasteiger partial charge in [-0.3, -0.25) is 0 Å². The summed E-state index contributed by atoms with van der Waals surface area (Å²) in [6.07, 6.45) is 9.94. The Morgan fingerprint density at radius 2 is 1.60 bits per heavy atom. The second kappa shape index (κ2) is 2.55. The molecule has 0 aliphatic heterocycles. The summed E-state index contributed by atoms with van der Waals surface area (Å²) < 4.78 is 2.94. The van der Waals surface area contributed by atoms with Crippen molar-refractivity contribution in [3.8, 4) is 0 Å². The summed E-state index contributed by atoms with van der Waals surface area (Å²) in [5.41, 5.74) is 0. The van der Waals surface area contributed by atoms with Gasteiger partial charge in [0.25, 0.3) is 0 Å². The molecule has 1 aromatic heterocycles. The molecular weight excluding hydrogens is 341 g/mol. The third-order valence-corrected chi connectivity index (χ3v) is 23.4. The van der Waals surface area contributed by atoms with Crippen LogP contribution in [0.1, 0.15) is 6.42 Å². The van der Waals surface area contributed by atoms with Crippen LogP contribution < -0.4 is 4.00 Å². The van der Waals surface area contributed by atoms with Crippen LogP contribution in [0.25, 0.3) is 0 Å². The van der Waals surface area contributed by atoms with E-state index in [-0.39, 0.29) is 24.8 Å². The van der Waals surface area contributed by atoms with Gasteiger partial charge in [-0.25, -0.2) is 0 Å². The zero-order valence-corrected chi connectivity index (χ0v) is 18.3. The Balaban J connectivity index is 0.00000180. The van der Waals surface area contributed by atoms with Crippen molar-refractivity contribution in [1.82, 2.24) is 4.98 Å². The van der Waals surface area contributed by atoms with Gasteiger partial charge in [0.1, 0.15) is 0 Å². The first-order valence-electron chi connectivity index (χ1n) is 7.06. The van der Waals surface area contributed by atoms with Gasteiger partial charge in [0.05, 0.1) is 0 Å². The molecule has 1 aliphatic carbocycles. The molecule has 1 nitrogen and oxygen atoms in total. The molecule has 0 atom stereocenters. The minimum absolute atomic E-state index is 0. The average Bonchev–Trinajstić information content (AvgIpc) is 2.75. The molecule has 1 aromatic rings. The van der Waals surface area contributed by atoms with Crippen LogP contribution in [0.5, 0.6) is 0 Å². The Labute approximate surface area is 128 Å². The molecule has 0 aromatic carbocycles. The minimum atomic E-state index is -4.82. The van der Waals surface area contributed by atoms with Gasteiger partial charge < -0.3 is 0 Å². The average molecular weight is 372 g/mol. The molecule has 0 saturated heterocycles. The van der Waals surface area contributed by atoms with Gasteiger partial charge in [-0.05, 0) is 0 Å². The number of halogens is 2. The maximum absolute atomic E-state index is 4.82. The first-order chi connectivity index (χ1) is 7.35. The number of allylic oxidation sites excluding steroid dienone is 4. The third kappa shape index (κ3) is 2.55. The molecule has 5 heteroatoms. The Morgan fingerprint density at radius 1 is 1.05 bits per heavy atom. The molecule has 1 heterocycles. The maximum atomic E-state index is 3.56. The topological polar surface area (TPSA) is 15.8 Å². The molecule has 118 valence electrons. The Kier molecular flexibility index (Phi) is 2.58. The number of hydrogen-bond acceptors (Lipinski definition) is 0. The third-order valence-electron chi connectivity index (χ3n) is 5.62. The number of hydrogen-bond donors (Lipinski definition) is 1. The van der Waals surface area contributed by atoms with E-state index >= 15 is 0 Å². The van der Waals surface area contributed by atoms with Crippen LogP contribution in [-0.2, 0) is 8.91 Å². The van der Waals surface area contributed by atoms with E-state index in [2.05, 4.69) is 80.5 Å². The van der Waals surface area contributed by atoms with Crippen LogP contribution in [0, 0.1) is 0 Å². The van der Waals surface area contributed by atoms with E-state index in [1.807, 2.05) is 0 Å². The van der Waals surface area contributed by atoms with Crippen molar-refractivity contribution in [2.24, 2.45) is 0 Å². The molecule has 0 spiro atoms. The van der Waals surface area contributed by atoms with E-state index < -0.39 is 8.91 Å². The standard InChI is InChI=1S/C5H5.C4H4N.6CH3.2ClH.H2Si.Ti/c2*1-2-4-5-3-1;;;;;;;;;;/h1-3H,4H2;1-3,5H;6*1H3;2*1H;1H2;. The van der Waals surface area contributed by atoms with Crippen LogP contribution in [0.2, 0.25) is 31.4 Å². The predicted molar refractivity (Wildman–Crippen MR) is 100 cm³/mol. The fourth-order valence-electron chi connectivity index (χ4n) is 3.41. The Hall–Kier alpha value is 0.271. The number of aromatic amines is 1. The second-order valence-electron chi connectivity index (χ2n) is 15.5. The van der Waals surface area contributed by atoms with Crippen molar-refractivity contribution in [1.29, 1.82) is 0 Å². The quantitative estimate of drug-likeness (QED) is 0.704. The van der Waals surface area contributed by atoms with Crippen molar-refractivity contribution in [3.63, 3.8) is 0 Å². The van der Waals surface area contributed by atoms with E-state index in [0.717, 1.165) is 6.42 Å². The second-order valence-corrected chi connectivity index (χ2v) is 78.7. The number of rotatable bonds is 2. The van der Waals surface area contributed by atoms with Gasteiger partial charge in [-0.15, -0.1) is 24.8 Å². The number of H-pyrrole nitrogens is 1. The Bertz CT molecular complexity index is 790. The van der Waals surface area contributed by atoms with Crippen LogP contribution in [0.4, 0.5) is 0 Å². The van der Waals surface area contributed by atoms with Crippen molar-refractivity contribution >= 4 is 36.4 Å². The normalized spacial score (nSPS) is 25.1. The predicted octanol–water partition coefficient (Wildman–Crippen LogP) is 5.00. The van der Waals surface area contributed by atoms with Crippen molar-refractivity contribution < 1.29 is 8.91 Å². The van der Waals surface area contributed by atoms with E-state index in [0.29, 0.717) is 0 Å². The zero-order chi connectivity index (χ0) is 14.1. The van der Waals surface area contributed by atoms with Crippen LogP contribution in [-0.4, -0.2) is 12.6 Å². The SMILES string of the molecule is Cl.Cl.[CH3][Ti]([CH3])([CH3])([CH3])([CH3])([CH3])(=[SiH2])([C]1=CC=CC1)[c]1ccc[nH]1. The molecule has 0 radical (unpaired) electrons. The summed E-state index contributed by atoms with van der Waals surface area (Å²) in [7, 11) is -2.58. The van der Waals surface area contributed by atoms with Crippen molar-refractivity contribution in [2.75, 3.05) is 0 Å². The summed E-state index contributed by atoms with van der Waals surface area (Å²) >= 11 is 0. The molecule has 0 bridgehead atoms. The Morgan fingerprint density at radius 3 is 1.95 bits per heavy atom. The molecule has 1 aliphatic rings. The molecule has 1 N–H and O–H groups in total. The van der Waals surface area contributed by atoms with Gasteiger partial charge in [0, 0.05) is 0 Å². The fourth-order valence-corrected chi connectivity index (χ4v) is 14.2.